The van der Waals surface area contributed by atoms with Gasteiger partial charge in [-0.3, -0.25) is 14.7 Å². The van der Waals surface area contributed by atoms with Gasteiger partial charge in [-0.25, -0.2) is 4.98 Å². The molecule has 0 unspecified atom stereocenters. The van der Waals surface area contributed by atoms with E-state index in [-0.39, 0.29) is 5.91 Å². The average Bonchev–Trinajstić information content (AvgIpc) is 3.22. The number of ether oxygens (including phenoxy) is 1. The maximum Gasteiger partial charge on any atom is 0.434 e. The van der Waals surface area contributed by atoms with Crippen molar-refractivity contribution in [2.45, 2.75) is 12.6 Å². The van der Waals surface area contributed by atoms with Gasteiger partial charge >= 0.3 is 6.18 Å². The summed E-state index contributed by atoms with van der Waals surface area (Å²) in [4.78, 5) is 26.4. The van der Waals surface area contributed by atoms with E-state index in [2.05, 4.69) is 25.1 Å². The molecular weight excluding hydrogens is 421 g/mol. The number of nitrogens with one attached hydrogen (secondary N) is 1. The summed E-state index contributed by atoms with van der Waals surface area (Å²) in [6.45, 7) is 6.31. The number of halogens is 3. The molecule has 3 heterocycles. The summed E-state index contributed by atoms with van der Waals surface area (Å²) >= 11 is 1.01. The first-order chi connectivity index (χ1) is 14.4. The molecule has 0 aliphatic carbocycles. The van der Waals surface area contributed by atoms with Crippen LogP contribution in [0.3, 0.4) is 0 Å². The lowest BCUT2D eigenvalue weighted by atomic mass is 10.3. The molecule has 2 aliphatic heterocycles. The van der Waals surface area contributed by atoms with Crippen LogP contribution >= 0.6 is 11.3 Å². The van der Waals surface area contributed by atoms with Crippen LogP contribution in [-0.2, 0) is 22.1 Å². The predicted octanol–water partition coefficient (Wildman–Crippen LogP) is 0.756. The van der Waals surface area contributed by atoms with Gasteiger partial charge in [-0.1, -0.05) is 0 Å². The van der Waals surface area contributed by atoms with Crippen LogP contribution in [0.25, 0.3) is 0 Å². The molecule has 3 rings (SSSR count). The molecule has 0 spiro atoms. The number of piperazine rings is 1. The van der Waals surface area contributed by atoms with E-state index in [4.69, 9.17) is 4.74 Å². The fourth-order valence-electron chi connectivity index (χ4n) is 3.39. The summed E-state index contributed by atoms with van der Waals surface area (Å²) in [6.07, 6.45) is -4.01. The van der Waals surface area contributed by atoms with Gasteiger partial charge in [0.25, 0.3) is 0 Å². The summed E-state index contributed by atoms with van der Waals surface area (Å²) in [5.74, 6) is 0.845. The second-order valence-corrected chi connectivity index (χ2v) is 8.05. The Morgan fingerprint density at radius 1 is 1.20 bits per heavy atom. The number of aliphatic imine (C=N–C) groups is 1. The van der Waals surface area contributed by atoms with Crippen LogP contribution in [0.4, 0.5) is 13.2 Å². The van der Waals surface area contributed by atoms with E-state index in [1.807, 2.05) is 4.90 Å². The summed E-state index contributed by atoms with van der Waals surface area (Å²) in [6, 6.07) is 0. The van der Waals surface area contributed by atoms with Crippen molar-refractivity contribution in [2.24, 2.45) is 4.99 Å². The van der Waals surface area contributed by atoms with Gasteiger partial charge in [-0.15, -0.1) is 11.3 Å². The van der Waals surface area contributed by atoms with Crippen LogP contribution < -0.4 is 5.32 Å². The summed E-state index contributed by atoms with van der Waals surface area (Å²) in [5.41, 5.74) is -0.838. The molecule has 30 heavy (non-hydrogen) atoms. The van der Waals surface area contributed by atoms with Crippen LogP contribution in [0.1, 0.15) is 10.7 Å². The smallest absolute Gasteiger partial charge is 0.378 e. The number of hydrogen-bond acceptors (Lipinski definition) is 6. The van der Waals surface area contributed by atoms with E-state index in [0.29, 0.717) is 56.8 Å². The van der Waals surface area contributed by atoms with Crippen LogP contribution in [0, 0.1) is 0 Å². The molecule has 0 aromatic carbocycles. The highest BCUT2D eigenvalue weighted by Crippen LogP contribution is 2.30. The zero-order valence-electron chi connectivity index (χ0n) is 17.0. The zero-order chi connectivity index (χ0) is 21.6. The second-order valence-electron chi connectivity index (χ2n) is 7.10. The molecule has 2 aliphatic rings. The van der Waals surface area contributed by atoms with Crippen molar-refractivity contribution >= 4 is 23.2 Å². The Balaban J connectivity index is 1.39. The lowest BCUT2D eigenvalue weighted by molar-refractivity contribution is -0.140. The van der Waals surface area contributed by atoms with E-state index in [9.17, 15) is 18.0 Å². The minimum Gasteiger partial charge on any atom is -0.378 e. The number of rotatable bonds is 5. The quantitative estimate of drug-likeness (QED) is 0.530. The highest BCUT2D eigenvalue weighted by Gasteiger charge is 2.33. The first-order valence-corrected chi connectivity index (χ1v) is 10.8. The maximum absolute atomic E-state index is 12.6. The van der Waals surface area contributed by atoms with Crippen molar-refractivity contribution in [2.75, 3.05) is 72.6 Å². The average molecular weight is 449 g/mol. The van der Waals surface area contributed by atoms with Crippen molar-refractivity contribution in [3.8, 4) is 0 Å². The SMILES string of the molecule is CN=C(NCCc1nc(C(F)(F)F)cs1)N1CCN(CC(=O)N2CCOCC2)CC1. The minimum atomic E-state index is -4.40. The lowest BCUT2D eigenvalue weighted by Gasteiger charge is -2.37. The van der Waals surface area contributed by atoms with Crippen LogP contribution in [0.5, 0.6) is 0 Å². The monoisotopic (exact) mass is 448 g/mol. The molecule has 1 aromatic rings. The molecule has 12 heteroatoms. The number of alkyl halides is 3. The Morgan fingerprint density at radius 2 is 1.90 bits per heavy atom. The third-order valence-corrected chi connectivity index (χ3v) is 5.98. The fourth-order valence-corrected chi connectivity index (χ4v) is 4.20. The van der Waals surface area contributed by atoms with E-state index in [0.717, 1.165) is 42.9 Å². The third kappa shape index (κ3) is 6.29. The number of guanidine groups is 1. The first-order valence-electron chi connectivity index (χ1n) is 9.92. The van der Waals surface area contributed by atoms with E-state index >= 15 is 0 Å². The topological polar surface area (TPSA) is 73.3 Å². The van der Waals surface area contributed by atoms with Gasteiger partial charge < -0.3 is 19.9 Å². The number of carbonyl (C=O) groups is 1. The van der Waals surface area contributed by atoms with Gasteiger partial charge in [0.1, 0.15) is 0 Å². The van der Waals surface area contributed by atoms with Gasteiger partial charge in [0.05, 0.1) is 24.8 Å². The molecular formula is C18H27F3N6O2S. The van der Waals surface area contributed by atoms with E-state index in [1.165, 1.54) is 0 Å². The van der Waals surface area contributed by atoms with Crippen LogP contribution in [-0.4, -0.2) is 104 Å². The zero-order valence-corrected chi connectivity index (χ0v) is 17.8. The molecule has 0 saturated carbocycles. The highest BCUT2D eigenvalue weighted by atomic mass is 32.1. The van der Waals surface area contributed by atoms with Crippen molar-refractivity contribution < 1.29 is 22.7 Å². The van der Waals surface area contributed by atoms with Crippen LogP contribution in [0.15, 0.2) is 10.4 Å². The number of amides is 1. The summed E-state index contributed by atoms with van der Waals surface area (Å²) < 4.78 is 43.2. The molecule has 1 amide bonds. The Morgan fingerprint density at radius 3 is 2.50 bits per heavy atom. The largest absolute Gasteiger partial charge is 0.434 e. The van der Waals surface area contributed by atoms with Gasteiger partial charge in [0.15, 0.2) is 11.7 Å². The Hall–Kier alpha value is -1.92. The van der Waals surface area contributed by atoms with Gasteiger partial charge in [-0.05, 0) is 0 Å². The third-order valence-electron chi connectivity index (χ3n) is 5.07. The normalized spacial score (nSPS) is 19.3. The highest BCUT2D eigenvalue weighted by molar-refractivity contribution is 7.09. The van der Waals surface area contributed by atoms with Crippen molar-refractivity contribution in [1.82, 2.24) is 25.0 Å². The summed E-state index contributed by atoms with van der Waals surface area (Å²) in [7, 11) is 1.68. The molecule has 1 aromatic heterocycles. The molecule has 8 nitrogen and oxygen atoms in total. The number of morpholine rings is 1. The molecule has 2 fully saturated rings. The molecule has 0 radical (unpaired) electrons. The van der Waals surface area contributed by atoms with Crippen molar-refractivity contribution in [3.63, 3.8) is 0 Å². The van der Waals surface area contributed by atoms with Crippen molar-refractivity contribution in [3.05, 3.63) is 16.1 Å². The summed E-state index contributed by atoms with van der Waals surface area (Å²) in [5, 5.41) is 4.68. The van der Waals surface area contributed by atoms with Gasteiger partial charge in [0, 0.05) is 64.7 Å². The Kier molecular flexibility index (Phi) is 7.89. The van der Waals surface area contributed by atoms with E-state index < -0.39 is 11.9 Å². The number of hydrogen-bond donors (Lipinski definition) is 1. The predicted molar refractivity (Wildman–Crippen MR) is 108 cm³/mol. The number of aromatic nitrogens is 1. The molecule has 2 saturated heterocycles. The molecule has 0 bridgehead atoms. The number of thiazole rings is 1. The first kappa shape index (κ1) is 22.8. The maximum atomic E-state index is 12.6. The fraction of sp³-hybridized carbons (Fsp3) is 0.722. The Labute approximate surface area is 177 Å². The molecule has 168 valence electrons. The molecule has 0 atom stereocenters. The van der Waals surface area contributed by atoms with Crippen LogP contribution in [0.2, 0.25) is 0 Å². The number of nitrogens with zero attached hydrogens (tertiary/aromatic N) is 5. The van der Waals surface area contributed by atoms with Gasteiger partial charge in [-0.2, -0.15) is 13.2 Å². The van der Waals surface area contributed by atoms with Crippen molar-refractivity contribution in [1.29, 1.82) is 0 Å². The Bertz CT molecular complexity index is 728. The minimum absolute atomic E-state index is 0.135. The molecule has 1 N–H and O–H groups in total. The second kappa shape index (κ2) is 10.4. The standard InChI is InChI=1S/C18H27F3N6O2S/c1-22-17(23-3-2-15-24-14(13-30-15)18(19,20)21)27-6-4-25(5-7-27)12-16(28)26-8-10-29-11-9-26/h13H,2-12H2,1H3,(H,22,23). The lowest BCUT2D eigenvalue weighted by Crippen LogP contribution is -2.55. The van der Waals surface area contributed by atoms with Gasteiger partial charge in [0.2, 0.25) is 5.91 Å². The number of carbonyl (C=O) groups excluding carboxylic acids is 1. The van der Waals surface area contributed by atoms with E-state index in [1.54, 1.807) is 7.05 Å².